The Morgan fingerprint density at radius 3 is 2.88 bits per heavy atom. The molecule has 0 radical (unpaired) electrons. The zero-order valence-corrected chi connectivity index (χ0v) is 14.0. The van der Waals surface area contributed by atoms with Crippen molar-refractivity contribution in [2.24, 2.45) is 7.05 Å². The van der Waals surface area contributed by atoms with Gasteiger partial charge in [0.1, 0.15) is 5.15 Å². The van der Waals surface area contributed by atoms with Crippen LogP contribution in [0.5, 0.6) is 0 Å². The van der Waals surface area contributed by atoms with Crippen LogP contribution in [0.2, 0.25) is 5.15 Å². The van der Waals surface area contributed by atoms with Gasteiger partial charge in [-0.3, -0.25) is 14.4 Å². The van der Waals surface area contributed by atoms with Gasteiger partial charge in [0.05, 0.1) is 23.4 Å². The van der Waals surface area contributed by atoms with Crippen molar-refractivity contribution in [1.82, 2.24) is 24.7 Å². The average molecular weight is 356 g/mol. The van der Waals surface area contributed by atoms with E-state index in [4.69, 9.17) is 17.3 Å². The predicted octanol–water partition coefficient (Wildman–Crippen LogP) is 1.86. The van der Waals surface area contributed by atoms with E-state index in [0.29, 0.717) is 17.0 Å². The number of fused-ring (bicyclic) bond motifs is 1. The standard InChI is InChI=1S/C16H14ClN7O/c1-23-6-4-10(22-23)8-24-14-12(13(17)20-16(18)21-14)11(15(24)25)7-9-3-2-5-19-9/h2-7,19H,8H2,1H3,(H2,18,20,21). The maximum absolute atomic E-state index is 13.0. The lowest BCUT2D eigenvalue weighted by Gasteiger charge is -2.14. The molecule has 1 aliphatic heterocycles. The number of H-pyrrole nitrogens is 1. The number of carbonyl (C=O) groups is 1. The first-order valence-electron chi connectivity index (χ1n) is 7.52. The summed E-state index contributed by atoms with van der Waals surface area (Å²) in [5.41, 5.74) is 8.13. The minimum Gasteiger partial charge on any atom is -0.368 e. The summed E-state index contributed by atoms with van der Waals surface area (Å²) in [7, 11) is 1.82. The van der Waals surface area contributed by atoms with E-state index in [-0.39, 0.29) is 23.6 Å². The Kier molecular flexibility index (Phi) is 3.54. The highest BCUT2D eigenvalue weighted by Gasteiger charge is 2.37. The van der Waals surface area contributed by atoms with Gasteiger partial charge in [0.15, 0.2) is 5.82 Å². The van der Waals surface area contributed by atoms with Crippen LogP contribution in [-0.4, -0.2) is 30.6 Å². The van der Waals surface area contributed by atoms with Gasteiger partial charge < -0.3 is 10.7 Å². The molecule has 0 atom stereocenters. The summed E-state index contributed by atoms with van der Waals surface area (Å²) in [6.07, 6.45) is 5.32. The van der Waals surface area contributed by atoms with Crippen molar-refractivity contribution in [2.75, 3.05) is 10.6 Å². The van der Waals surface area contributed by atoms with Crippen LogP contribution in [-0.2, 0) is 18.4 Å². The first kappa shape index (κ1) is 15.4. The molecule has 4 rings (SSSR count). The fourth-order valence-electron chi connectivity index (χ4n) is 2.79. The van der Waals surface area contributed by atoms with Crippen molar-refractivity contribution in [3.63, 3.8) is 0 Å². The van der Waals surface area contributed by atoms with E-state index < -0.39 is 0 Å². The molecule has 8 nitrogen and oxygen atoms in total. The third-order valence-corrected chi connectivity index (χ3v) is 4.15. The molecule has 1 amide bonds. The molecule has 4 heterocycles. The third-order valence-electron chi connectivity index (χ3n) is 3.87. The number of hydrogen-bond acceptors (Lipinski definition) is 5. The number of aryl methyl sites for hydroxylation is 1. The van der Waals surface area contributed by atoms with Crippen molar-refractivity contribution in [3.05, 3.63) is 52.7 Å². The summed E-state index contributed by atoms with van der Waals surface area (Å²) in [4.78, 5) is 25.8. The largest absolute Gasteiger partial charge is 0.368 e. The summed E-state index contributed by atoms with van der Waals surface area (Å²) in [5, 5.41) is 4.47. The van der Waals surface area contributed by atoms with Gasteiger partial charge in [0.2, 0.25) is 5.95 Å². The zero-order valence-electron chi connectivity index (χ0n) is 13.3. The third kappa shape index (κ3) is 2.66. The SMILES string of the molecule is Cn1ccc(CN2C(=O)C(=Cc3ccc[nH]3)c3c(Cl)nc(N)nc32)n1. The minimum atomic E-state index is -0.225. The number of hydrogen-bond donors (Lipinski definition) is 2. The first-order valence-corrected chi connectivity index (χ1v) is 7.89. The fraction of sp³-hybridized carbons (Fsp3) is 0.125. The second-order valence-electron chi connectivity index (χ2n) is 5.63. The number of nitrogens with zero attached hydrogens (tertiary/aromatic N) is 5. The van der Waals surface area contributed by atoms with Crippen LogP contribution in [0.15, 0.2) is 30.6 Å². The molecule has 0 aromatic carbocycles. The Morgan fingerprint density at radius 1 is 1.36 bits per heavy atom. The van der Waals surface area contributed by atoms with Gasteiger partial charge >= 0.3 is 0 Å². The topological polar surface area (TPSA) is 106 Å². The lowest BCUT2D eigenvalue weighted by atomic mass is 10.1. The number of anilines is 2. The summed E-state index contributed by atoms with van der Waals surface area (Å²) < 4.78 is 1.67. The molecule has 0 saturated carbocycles. The summed E-state index contributed by atoms with van der Waals surface area (Å²) in [5.74, 6) is 0.187. The van der Waals surface area contributed by atoms with Gasteiger partial charge in [0.25, 0.3) is 5.91 Å². The number of nitrogens with one attached hydrogen (secondary N) is 1. The number of halogens is 1. The fourth-order valence-corrected chi connectivity index (χ4v) is 3.07. The quantitative estimate of drug-likeness (QED) is 0.551. The van der Waals surface area contributed by atoms with Crippen LogP contribution in [0, 0.1) is 0 Å². The minimum absolute atomic E-state index is 0.0173. The Labute approximate surface area is 147 Å². The molecule has 9 heteroatoms. The lowest BCUT2D eigenvalue weighted by Crippen LogP contribution is -2.26. The average Bonchev–Trinajstić information content (AvgIpc) is 3.26. The molecule has 1 aliphatic rings. The summed E-state index contributed by atoms with van der Waals surface area (Å²) in [6.45, 7) is 0.265. The Morgan fingerprint density at radius 2 is 2.20 bits per heavy atom. The molecular weight excluding hydrogens is 342 g/mol. The van der Waals surface area contributed by atoms with Crippen LogP contribution >= 0.6 is 11.6 Å². The van der Waals surface area contributed by atoms with Crippen LogP contribution in [0.25, 0.3) is 11.6 Å². The van der Waals surface area contributed by atoms with E-state index in [0.717, 1.165) is 11.4 Å². The van der Waals surface area contributed by atoms with Gasteiger partial charge in [-0.15, -0.1) is 0 Å². The molecule has 25 heavy (non-hydrogen) atoms. The van der Waals surface area contributed by atoms with E-state index >= 15 is 0 Å². The van der Waals surface area contributed by atoms with Gasteiger partial charge in [-0.05, 0) is 24.3 Å². The zero-order chi connectivity index (χ0) is 17.6. The van der Waals surface area contributed by atoms with E-state index in [1.54, 1.807) is 17.0 Å². The van der Waals surface area contributed by atoms with Crippen LogP contribution in [0.4, 0.5) is 11.8 Å². The van der Waals surface area contributed by atoms with Crippen molar-refractivity contribution in [3.8, 4) is 0 Å². The second kappa shape index (κ2) is 5.75. The van der Waals surface area contributed by atoms with Crippen molar-refractivity contribution in [1.29, 1.82) is 0 Å². The van der Waals surface area contributed by atoms with Gasteiger partial charge in [-0.2, -0.15) is 10.1 Å². The molecule has 126 valence electrons. The number of aromatic nitrogens is 5. The van der Waals surface area contributed by atoms with E-state index in [1.165, 1.54) is 4.90 Å². The number of nitrogen functional groups attached to an aromatic ring is 1. The normalized spacial score (nSPS) is 15.2. The van der Waals surface area contributed by atoms with Crippen LogP contribution in [0.3, 0.4) is 0 Å². The van der Waals surface area contributed by atoms with Gasteiger partial charge in [-0.1, -0.05) is 11.6 Å². The molecule has 3 aromatic heterocycles. The molecule has 0 bridgehead atoms. The van der Waals surface area contributed by atoms with Crippen LogP contribution < -0.4 is 10.6 Å². The highest BCUT2D eigenvalue weighted by molar-refractivity contribution is 6.41. The van der Waals surface area contributed by atoms with Crippen molar-refractivity contribution < 1.29 is 4.79 Å². The number of amides is 1. The van der Waals surface area contributed by atoms with Crippen molar-refractivity contribution >= 4 is 40.9 Å². The van der Waals surface area contributed by atoms with Gasteiger partial charge in [-0.25, -0.2) is 4.98 Å². The Balaban J connectivity index is 1.83. The maximum atomic E-state index is 13.0. The smallest absolute Gasteiger partial charge is 0.260 e. The van der Waals surface area contributed by atoms with E-state index in [2.05, 4.69) is 20.1 Å². The highest BCUT2D eigenvalue weighted by Crippen LogP contribution is 2.40. The molecule has 0 spiro atoms. The van der Waals surface area contributed by atoms with Crippen LogP contribution in [0.1, 0.15) is 17.0 Å². The summed E-state index contributed by atoms with van der Waals surface area (Å²) >= 11 is 6.27. The molecule has 0 unspecified atom stereocenters. The molecular formula is C16H14ClN7O. The number of rotatable bonds is 3. The molecule has 3 N–H and O–H groups in total. The number of aromatic amines is 1. The molecule has 3 aromatic rings. The Bertz CT molecular complexity index is 990. The second-order valence-corrected chi connectivity index (χ2v) is 5.98. The lowest BCUT2D eigenvalue weighted by molar-refractivity contribution is -0.113. The number of nitrogens with two attached hydrogens (primary N) is 1. The monoisotopic (exact) mass is 355 g/mol. The Hall–Kier alpha value is -3.13. The van der Waals surface area contributed by atoms with Gasteiger partial charge in [0, 0.05) is 25.1 Å². The first-order chi connectivity index (χ1) is 12.0. The molecule has 0 saturated heterocycles. The molecule has 0 aliphatic carbocycles. The predicted molar refractivity (Wildman–Crippen MR) is 94.5 cm³/mol. The summed E-state index contributed by atoms with van der Waals surface area (Å²) in [6, 6.07) is 5.54. The van der Waals surface area contributed by atoms with E-state index in [1.807, 2.05) is 31.4 Å². The van der Waals surface area contributed by atoms with E-state index in [9.17, 15) is 4.79 Å². The van der Waals surface area contributed by atoms with Crippen molar-refractivity contribution in [2.45, 2.75) is 6.54 Å². The maximum Gasteiger partial charge on any atom is 0.260 e. The molecule has 0 fully saturated rings. The highest BCUT2D eigenvalue weighted by atomic mass is 35.5. The number of carbonyl (C=O) groups excluding carboxylic acids is 1.